The lowest BCUT2D eigenvalue weighted by Crippen LogP contribution is -2.44. The Kier molecular flexibility index (Phi) is 17.9. The molecule has 0 fully saturated rings. The van der Waals surface area contributed by atoms with Gasteiger partial charge in [-0.3, -0.25) is 0 Å². The van der Waals surface area contributed by atoms with E-state index in [0.717, 1.165) is 0 Å². The molecule has 24 nitrogen and oxygen atoms in total. The molecule has 0 spiro atoms. The number of fused-ring (bicyclic) bond motifs is 4. The van der Waals surface area contributed by atoms with Gasteiger partial charge in [-0.05, 0) is 72.8 Å². The van der Waals surface area contributed by atoms with Crippen molar-refractivity contribution in [1.82, 2.24) is 0 Å². The maximum atomic E-state index is 12.8. The lowest BCUT2D eigenvalue weighted by molar-refractivity contribution is -0.137. The number of carbonyl (C=O) groups is 4. The SMILES string of the molecule is O=C(OCC(O)COCC(COCC(O)COC(=O)c1ccc2c(c1)OCO2)(COCC(O)COC(=O)c1ccc2c(c1)OCO2)COCC(O)COC(=O)c1ccc2c(c1)OCO2)c1ccc2c(c1)OCO2. The van der Waals surface area contributed by atoms with Crippen LogP contribution in [0.25, 0.3) is 0 Å². The topological polar surface area (TPSA) is 297 Å². The maximum Gasteiger partial charge on any atom is 0.338 e. The van der Waals surface area contributed by atoms with Gasteiger partial charge in [0.25, 0.3) is 0 Å². The van der Waals surface area contributed by atoms with E-state index < -0.39 is 107 Å². The third-order valence-corrected chi connectivity index (χ3v) is 10.9. The molecule has 24 heteroatoms. The average molecular weight is 1020 g/mol. The molecule has 4 N–H and O–H groups in total. The monoisotopic (exact) mass is 1020 g/mol. The van der Waals surface area contributed by atoms with Crippen LogP contribution >= 0.6 is 0 Å². The van der Waals surface area contributed by atoms with Crippen LogP contribution in [0.2, 0.25) is 0 Å². The van der Waals surface area contributed by atoms with E-state index in [2.05, 4.69) is 0 Å². The highest BCUT2D eigenvalue weighted by molar-refractivity contribution is 5.92. The zero-order valence-electron chi connectivity index (χ0n) is 39.0. The van der Waals surface area contributed by atoms with Crippen molar-refractivity contribution in [3.05, 3.63) is 95.1 Å². The fourth-order valence-electron chi connectivity index (χ4n) is 7.20. The number of aliphatic hydroxyl groups is 4. The number of hydrogen-bond acceptors (Lipinski definition) is 24. The normalized spacial score (nSPS) is 15.9. The Hall–Kier alpha value is -7.16. The number of esters is 4. The molecule has 0 bridgehead atoms. The van der Waals surface area contributed by atoms with E-state index in [1.165, 1.54) is 48.5 Å². The molecule has 0 amide bonds. The van der Waals surface area contributed by atoms with Crippen LogP contribution in [0, 0.1) is 5.41 Å². The van der Waals surface area contributed by atoms with E-state index in [4.69, 9.17) is 75.8 Å². The van der Waals surface area contributed by atoms with Crippen molar-refractivity contribution >= 4 is 23.9 Å². The van der Waals surface area contributed by atoms with Crippen molar-refractivity contribution in [1.29, 1.82) is 0 Å². The van der Waals surface area contributed by atoms with Crippen LogP contribution in [0.3, 0.4) is 0 Å². The summed E-state index contributed by atoms with van der Waals surface area (Å²) < 4.78 is 87.4. The molecule has 0 aliphatic carbocycles. The summed E-state index contributed by atoms with van der Waals surface area (Å²) in [6, 6.07) is 17.9. The minimum atomic E-state index is -1.38. The quantitative estimate of drug-likeness (QED) is 0.0466. The Bertz CT molecular complexity index is 2200. The van der Waals surface area contributed by atoms with E-state index in [1.807, 2.05) is 0 Å². The van der Waals surface area contributed by atoms with Crippen LogP contribution in [0.4, 0.5) is 0 Å². The second-order valence-corrected chi connectivity index (χ2v) is 16.8. The van der Waals surface area contributed by atoms with Crippen molar-refractivity contribution in [2.75, 3.05) is 106 Å². The molecular weight excluding hydrogens is 973 g/mol. The van der Waals surface area contributed by atoms with Gasteiger partial charge in [-0.1, -0.05) is 0 Å². The van der Waals surface area contributed by atoms with Crippen LogP contribution in [0.15, 0.2) is 72.8 Å². The summed E-state index contributed by atoms with van der Waals surface area (Å²) in [5, 5.41) is 43.3. The number of ether oxygens (including phenoxy) is 16. The van der Waals surface area contributed by atoms with Crippen LogP contribution in [0.1, 0.15) is 41.4 Å². The second-order valence-electron chi connectivity index (χ2n) is 16.8. The van der Waals surface area contributed by atoms with Gasteiger partial charge in [0.1, 0.15) is 50.8 Å². The molecule has 4 heterocycles. The van der Waals surface area contributed by atoms with E-state index in [1.54, 1.807) is 24.3 Å². The molecule has 4 aliphatic heterocycles. The first-order valence-electron chi connectivity index (χ1n) is 22.7. The molecule has 392 valence electrons. The largest absolute Gasteiger partial charge is 0.459 e. The minimum absolute atomic E-state index is 0.00423. The van der Waals surface area contributed by atoms with Gasteiger partial charge >= 0.3 is 23.9 Å². The van der Waals surface area contributed by atoms with Crippen molar-refractivity contribution in [2.24, 2.45) is 5.41 Å². The molecule has 8 rings (SSSR count). The van der Waals surface area contributed by atoms with E-state index >= 15 is 0 Å². The number of benzene rings is 4. The Morgan fingerprint density at radius 2 is 0.575 bits per heavy atom. The molecule has 4 aromatic rings. The van der Waals surface area contributed by atoms with E-state index in [0.29, 0.717) is 46.0 Å². The standard InChI is InChI=1S/C49H52O24/c50-33(17-62-45(54)29-1-5-37-41(9-29)70-25-66-37)13-58-21-49(22-59-14-34(51)18-63-46(55)30-2-6-38-42(10-30)71-26-67-38,23-60-15-35(52)19-64-47(56)31-3-7-39-43(11-31)72-27-68-39)24-61-16-36(53)20-65-48(57)32-4-8-40-44(12-32)73-28-69-40/h1-12,33-36,50-53H,13-28H2. The van der Waals surface area contributed by atoms with Crippen LogP contribution < -0.4 is 37.9 Å². The number of hydrogen-bond donors (Lipinski definition) is 4. The van der Waals surface area contributed by atoms with Crippen molar-refractivity contribution in [3.63, 3.8) is 0 Å². The van der Waals surface area contributed by atoms with Crippen molar-refractivity contribution in [2.45, 2.75) is 24.4 Å². The Labute approximate surface area is 415 Å². The Morgan fingerprint density at radius 3 is 0.808 bits per heavy atom. The third-order valence-electron chi connectivity index (χ3n) is 10.9. The summed E-state index contributed by atoms with van der Waals surface area (Å²) in [4.78, 5) is 51.2. The zero-order chi connectivity index (χ0) is 51.2. The maximum absolute atomic E-state index is 12.8. The molecule has 4 unspecified atom stereocenters. The predicted molar refractivity (Wildman–Crippen MR) is 241 cm³/mol. The van der Waals surface area contributed by atoms with Gasteiger partial charge in [0, 0.05) is 0 Å². The molecule has 0 radical (unpaired) electrons. The lowest BCUT2D eigenvalue weighted by atomic mass is 9.92. The summed E-state index contributed by atoms with van der Waals surface area (Å²) in [7, 11) is 0. The predicted octanol–water partition coefficient (Wildman–Crippen LogP) is 1.83. The fourth-order valence-corrected chi connectivity index (χ4v) is 7.20. The lowest BCUT2D eigenvalue weighted by Gasteiger charge is -2.34. The van der Waals surface area contributed by atoms with Crippen molar-refractivity contribution < 1.29 is 115 Å². The molecule has 0 saturated heterocycles. The molecule has 4 atom stereocenters. The number of rotatable bonds is 28. The highest BCUT2D eigenvalue weighted by atomic mass is 16.7. The van der Waals surface area contributed by atoms with Crippen LogP contribution in [0.5, 0.6) is 46.0 Å². The number of carbonyl (C=O) groups excluding carboxylic acids is 4. The second kappa shape index (κ2) is 25.0. The van der Waals surface area contributed by atoms with Crippen LogP contribution in [-0.2, 0) is 37.9 Å². The van der Waals surface area contributed by atoms with Gasteiger partial charge < -0.3 is 96.2 Å². The molecule has 4 aliphatic rings. The van der Waals surface area contributed by atoms with Gasteiger partial charge in [0.15, 0.2) is 46.0 Å². The third kappa shape index (κ3) is 14.5. The van der Waals surface area contributed by atoms with E-state index in [9.17, 15) is 39.6 Å². The first-order valence-corrected chi connectivity index (χ1v) is 22.7. The minimum Gasteiger partial charge on any atom is -0.459 e. The van der Waals surface area contributed by atoms with Gasteiger partial charge in [0.2, 0.25) is 27.2 Å². The van der Waals surface area contributed by atoms with Gasteiger partial charge in [-0.15, -0.1) is 0 Å². The fraction of sp³-hybridized carbons (Fsp3) is 0.429. The first kappa shape index (κ1) is 52.2. The molecular formula is C49H52O24. The first-order chi connectivity index (χ1) is 35.4. The summed E-state index contributed by atoms with van der Waals surface area (Å²) in [6.07, 6.45) is -5.38. The summed E-state index contributed by atoms with van der Waals surface area (Å²) in [5.41, 5.74) is -0.757. The Morgan fingerprint density at radius 1 is 0.356 bits per heavy atom. The Balaban J connectivity index is 0.891. The highest BCUT2D eigenvalue weighted by Gasteiger charge is 2.35. The molecule has 0 aromatic heterocycles. The highest BCUT2D eigenvalue weighted by Crippen LogP contribution is 2.36. The number of aliphatic hydroxyl groups excluding tert-OH is 4. The summed E-state index contributed by atoms with van der Waals surface area (Å²) in [5.74, 6) is 0.315. The smallest absolute Gasteiger partial charge is 0.338 e. The summed E-state index contributed by atoms with van der Waals surface area (Å²) in [6.45, 7) is -4.76. The average Bonchev–Trinajstić information content (AvgIpc) is 4.25. The van der Waals surface area contributed by atoms with Gasteiger partial charge in [-0.2, -0.15) is 0 Å². The molecule has 73 heavy (non-hydrogen) atoms. The zero-order valence-corrected chi connectivity index (χ0v) is 39.0. The van der Waals surface area contributed by atoms with Gasteiger partial charge in [0.05, 0.1) is 80.5 Å². The molecule has 4 aromatic carbocycles. The summed E-state index contributed by atoms with van der Waals surface area (Å²) >= 11 is 0. The van der Waals surface area contributed by atoms with Crippen LogP contribution in [-0.4, -0.2) is 175 Å². The molecule has 0 saturated carbocycles. The van der Waals surface area contributed by atoms with Gasteiger partial charge in [-0.25, -0.2) is 19.2 Å². The van der Waals surface area contributed by atoms with Crippen molar-refractivity contribution in [3.8, 4) is 46.0 Å². The van der Waals surface area contributed by atoms with E-state index in [-0.39, 0.29) is 75.9 Å².